The SMILES string of the molecule is Cc1ccc(C2SCCC(=O)N2Cc2ccc(O)c(O)c2)s1. The molecule has 2 aromatic rings. The molecule has 1 saturated heterocycles. The summed E-state index contributed by atoms with van der Waals surface area (Å²) >= 11 is 3.48. The van der Waals surface area contributed by atoms with Gasteiger partial charge in [0.25, 0.3) is 0 Å². The second kappa shape index (κ2) is 6.22. The molecule has 22 heavy (non-hydrogen) atoms. The van der Waals surface area contributed by atoms with Crippen molar-refractivity contribution in [1.29, 1.82) is 0 Å². The predicted octanol–water partition coefficient (Wildman–Crippen LogP) is 3.63. The Kier molecular flexibility index (Phi) is 4.31. The molecule has 0 spiro atoms. The van der Waals surface area contributed by atoms with Crippen LogP contribution in [-0.4, -0.2) is 26.8 Å². The fourth-order valence-corrected chi connectivity index (χ4v) is 4.83. The number of aromatic hydroxyl groups is 2. The lowest BCUT2D eigenvalue weighted by molar-refractivity contribution is -0.132. The van der Waals surface area contributed by atoms with Gasteiger partial charge in [-0.15, -0.1) is 23.1 Å². The topological polar surface area (TPSA) is 60.8 Å². The molecule has 2 N–H and O–H groups in total. The number of rotatable bonds is 3. The smallest absolute Gasteiger partial charge is 0.224 e. The van der Waals surface area contributed by atoms with E-state index >= 15 is 0 Å². The van der Waals surface area contributed by atoms with E-state index < -0.39 is 0 Å². The second-order valence-electron chi connectivity index (χ2n) is 5.27. The van der Waals surface area contributed by atoms with Crippen molar-refractivity contribution < 1.29 is 15.0 Å². The van der Waals surface area contributed by atoms with Gasteiger partial charge in [0.15, 0.2) is 11.5 Å². The summed E-state index contributed by atoms with van der Waals surface area (Å²) in [5.74, 6) is 0.659. The monoisotopic (exact) mass is 335 g/mol. The fraction of sp³-hybridized carbons (Fsp3) is 0.312. The summed E-state index contributed by atoms with van der Waals surface area (Å²) in [5, 5.41) is 19.1. The number of hydrogen-bond acceptors (Lipinski definition) is 5. The Labute approximate surface area is 137 Å². The molecule has 116 valence electrons. The van der Waals surface area contributed by atoms with Crippen molar-refractivity contribution in [3.05, 3.63) is 45.6 Å². The predicted molar refractivity (Wildman–Crippen MR) is 89.2 cm³/mol. The molecule has 1 aromatic carbocycles. The maximum absolute atomic E-state index is 12.3. The van der Waals surface area contributed by atoms with Crippen LogP contribution in [0.25, 0.3) is 0 Å². The van der Waals surface area contributed by atoms with Gasteiger partial charge in [0.2, 0.25) is 5.91 Å². The molecule has 1 aromatic heterocycles. The van der Waals surface area contributed by atoms with Gasteiger partial charge in [-0.05, 0) is 36.8 Å². The van der Waals surface area contributed by atoms with Crippen molar-refractivity contribution in [2.45, 2.75) is 25.3 Å². The van der Waals surface area contributed by atoms with Crippen LogP contribution in [-0.2, 0) is 11.3 Å². The number of thiophene rings is 1. The van der Waals surface area contributed by atoms with Gasteiger partial charge in [-0.3, -0.25) is 4.79 Å². The van der Waals surface area contributed by atoms with Crippen LogP contribution in [0.4, 0.5) is 0 Å². The molecule has 2 heterocycles. The number of carbonyl (C=O) groups excluding carboxylic acids is 1. The Morgan fingerprint density at radius 3 is 2.73 bits per heavy atom. The molecule has 1 unspecified atom stereocenters. The first-order valence-electron chi connectivity index (χ1n) is 7.03. The van der Waals surface area contributed by atoms with E-state index in [9.17, 15) is 15.0 Å². The van der Waals surface area contributed by atoms with E-state index in [0.717, 1.165) is 11.3 Å². The Hall–Kier alpha value is -1.66. The third kappa shape index (κ3) is 3.08. The first-order chi connectivity index (χ1) is 10.5. The first kappa shape index (κ1) is 15.2. The second-order valence-corrected chi connectivity index (χ2v) is 7.77. The van der Waals surface area contributed by atoms with Crippen LogP contribution in [0, 0.1) is 6.92 Å². The number of phenolic OH excluding ortho intramolecular Hbond substituents is 2. The highest BCUT2D eigenvalue weighted by Gasteiger charge is 2.30. The number of carbonyl (C=O) groups is 1. The van der Waals surface area contributed by atoms with E-state index in [-0.39, 0.29) is 22.8 Å². The molecule has 0 aliphatic carbocycles. The van der Waals surface area contributed by atoms with Gasteiger partial charge in [-0.2, -0.15) is 0 Å². The molecule has 1 aliphatic rings. The molecule has 0 saturated carbocycles. The largest absolute Gasteiger partial charge is 0.504 e. The molecule has 1 aliphatic heterocycles. The molecule has 1 fully saturated rings. The molecule has 3 rings (SSSR count). The van der Waals surface area contributed by atoms with Crippen molar-refractivity contribution in [1.82, 2.24) is 4.90 Å². The van der Waals surface area contributed by atoms with Crippen molar-refractivity contribution >= 4 is 29.0 Å². The van der Waals surface area contributed by atoms with Crippen molar-refractivity contribution in [2.75, 3.05) is 5.75 Å². The van der Waals surface area contributed by atoms with Gasteiger partial charge < -0.3 is 15.1 Å². The van der Waals surface area contributed by atoms with Gasteiger partial charge in [0.1, 0.15) is 5.37 Å². The minimum Gasteiger partial charge on any atom is -0.504 e. The highest BCUT2D eigenvalue weighted by Crippen LogP contribution is 2.41. The van der Waals surface area contributed by atoms with E-state index in [4.69, 9.17) is 0 Å². The first-order valence-corrected chi connectivity index (χ1v) is 8.89. The number of thioether (sulfide) groups is 1. The Morgan fingerprint density at radius 1 is 1.23 bits per heavy atom. The zero-order valence-corrected chi connectivity index (χ0v) is 13.8. The molecule has 4 nitrogen and oxygen atoms in total. The zero-order chi connectivity index (χ0) is 15.7. The van der Waals surface area contributed by atoms with E-state index in [1.54, 1.807) is 29.2 Å². The lowest BCUT2D eigenvalue weighted by Crippen LogP contribution is -2.36. The van der Waals surface area contributed by atoms with Crippen LogP contribution in [0.3, 0.4) is 0 Å². The van der Waals surface area contributed by atoms with E-state index in [1.807, 2.05) is 4.90 Å². The molecule has 1 atom stereocenters. The number of aryl methyl sites for hydroxylation is 1. The van der Waals surface area contributed by atoms with Crippen molar-refractivity contribution in [3.8, 4) is 11.5 Å². The van der Waals surface area contributed by atoms with Gasteiger partial charge in [-0.25, -0.2) is 0 Å². The molecular weight excluding hydrogens is 318 g/mol. The van der Waals surface area contributed by atoms with E-state index in [0.29, 0.717) is 13.0 Å². The minimum absolute atomic E-state index is 0.0240. The summed E-state index contributed by atoms with van der Waals surface area (Å²) in [4.78, 5) is 16.6. The average molecular weight is 335 g/mol. The van der Waals surface area contributed by atoms with Gasteiger partial charge >= 0.3 is 0 Å². The van der Waals surface area contributed by atoms with Crippen LogP contribution >= 0.6 is 23.1 Å². The average Bonchev–Trinajstić information content (AvgIpc) is 2.91. The third-order valence-corrected chi connectivity index (χ3v) is 6.06. The van der Waals surface area contributed by atoms with Crippen molar-refractivity contribution in [3.63, 3.8) is 0 Å². The summed E-state index contributed by atoms with van der Waals surface area (Å²) in [6.07, 6.45) is 0.537. The Balaban J connectivity index is 1.86. The lowest BCUT2D eigenvalue weighted by Gasteiger charge is -2.34. The molecule has 6 heteroatoms. The quantitative estimate of drug-likeness (QED) is 0.841. The van der Waals surface area contributed by atoms with E-state index in [2.05, 4.69) is 19.1 Å². The minimum atomic E-state index is -0.155. The number of hydrogen-bond donors (Lipinski definition) is 2. The zero-order valence-electron chi connectivity index (χ0n) is 12.2. The Morgan fingerprint density at radius 2 is 2.05 bits per heavy atom. The maximum Gasteiger partial charge on any atom is 0.224 e. The molecule has 1 amide bonds. The highest BCUT2D eigenvalue weighted by atomic mass is 32.2. The molecule has 0 bridgehead atoms. The summed E-state index contributed by atoms with van der Waals surface area (Å²) in [7, 11) is 0. The van der Waals surface area contributed by atoms with Gasteiger partial charge in [0.05, 0.1) is 0 Å². The highest BCUT2D eigenvalue weighted by molar-refractivity contribution is 7.99. The standard InChI is InChI=1S/C16H17NO3S2/c1-10-2-5-14(22-10)16-17(15(20)6-7-21-16)9-11-3-4-12(18)13(19)8-11/h2-5,8,16,18-19H,6-7,9H2,1H3. The third-order valence-electron chi connectivity index (χ3n) is 3.59. The van der Waals surface area contributed by atoms with Gasteiger partial charge in [0, 0.05) is 28.5 Å². The number of nitrogens with zero attached hydrogens (tertiary/aromatic N) is 1. The number of benzene rings is 1. The number of amides is 1. The summed E-state index contributed by atoms with van der Waals surface area (Å²) in [6, 6.07) is 8.86. The van der Waals surface area contributed by atoms with Crippen LogP contribution in [0.2, 0.25) is 0 Å². The summed E-state index contributed by atoms with van der Waals surface area (Å²) in [6.45, 7) is 2.49. The summed E-state index contributed by atoms with van der Waals surface area (Å²) < 4.78 is 0. The molecular formula is C16H17NO3S2. The van der Waals surface area contributed by atoms with Crippen LogP contribution in [0.1, 0.15) is 27.1 Å². The normalized spacial score (nSPS) is 18.7. The fourth-order valence-electron chi connectivity index (χ4n) is 2.48. The van der Waals surface area contributed by atoms with E-state index in [1.165, 1.54) is 21.9 Å². The van der Waals surface area contributed by atoms with Crippen LogP contribution in [0.15, 0.2) is 30.3 Å². The van der Waals surface area contributed by atoms with Crippen molar-refractivity contribution in [2.24, 2.45) is 0 Å². The number of phenols is 2. The van der Waals surface area contributed by atoms with Crippen LogP contribution < -0.4 is 0 Å². The molecule has 0 radical (unpaired) electrons. The van der Waals surface area contributed by atoms with Gasteiger partial charge in [-0.1, -0.05) is 6.07 Å². The Bertz CT molecular complexity index is 698. The maximum atomic E-state index is 12.3. The lowest BCUT2D eigenvalue weighted by atomic mass is 10.1. The summed E-state index contributed by atoms with van der Waals surface area (Å²) in [5.41, 5.74) is 0.810. The van der Waals surface area contributed by atoms with Crippen LogP contribution in [0.5, 0.6) is 11.5 Å².